The van der Waals surface area contributed by atoms with E-state index in [-0.39, 0.29) is 5.69 Å². The number of hydrogen-bond acceptors (Lipinski definition) is 2. The largest absolute Gasteiger partial charge is 0.418 e. The van der Waals surface area contributed by atoms with Crippen LogP contribution in [-0.2, 0) is 19.1 Å². The molecule has 0 atom stereocenters. The molecule has 0 aliphatic heterocycles. The number of alkyl halides is 3. The van der Waals surface area contributed by atoms with Crippen molar-refractivity contribution in [2.75, 3.05) is 5.32 Å². The van der Waals surface area contributed by atoms with E-state index in [1.165, 1.54) is 17.7 Å². The van der Waals surface area contributed by atoms with Gasteiger partial charge < -0.3 is 5.32 Å². The van der Waals surface area contributed by atoms with Crippen LogP contribution < -0.4 is 5.32 Å². The van der Waals surface area contributed by atoms with Gasteiger partial charge in [-0.25, -0.2) is 0 Å². The summed E-state index contributed by atoms with van der Waals surface area (Å²) in [6.45, 7) is 2.46. The number of para-hydroxylation sites is 1. The molecule has 1 N–H and O–H groups in total. The molecule has 0 aliphatic carbocycles. The van der Waals surface area contributed by atoms with Gasteiger partial charge in [-0.3, -0.25) is 0 Å². The van der Waals surface area contributed by atoms with Crippen molar-refractivity contribution >= 4 is 17.0 Å². The fourth-order valence-corrected chi connectivity index (χ4v) is 2.81. The Hall–Kier alpha value is -1.49. The van der Waals surface area contributed by atoms with Gasteiger partial charge >= 0.3 is 6.18 Å². The second-order valence-corrected chi connectivity index (χ2v) is 5.12. The maximum absolute atomic E-state index is 12.8. The normalized spacial score (nSPS) is 11.6. The van der Waals surface area contributed by atoms with E-state index in [0.717, 1.165) is 17.4 Å². The Morgan fingerprint density at radius 2 is 1.89 bits per heavy atom. The molecule has 0 saturated heterocycles. The first-order chi connectivity index (χ1) is 9.02. The minimum Gasteiger partial charge on any atom is -0.380 e. The highest BCUT2D eigenvalue weighted by atomic mass is 32.1. The van der Waals surface area contributed by atoms with E-state index in [4.69, 9.17) is 0 Å². The van der Waals surface area contributed by atoms with Crippen LogP contribution >= 0.6 is 11.3 Å². The monoisotopic (exact) mass is 285 g/mol. The Bertz CT molecular complexity index is 546. The lowest BCUT2D eigenvalue weighted by molar-refractivity contribution is -0.136. The van der Waals surface area contributed by atoms with Crippen LogP contribution in [0.15, 0.2) is 35.7 Å². The minimum atomic E-state index is -4.33. The number of hydrogen-bond donors (Lipinski definition) is 1. The van der Waals surface area contributed by atoms with Crippen LogP contribution in [0, 0.1) is 0 Å². The molecule has 0 fully saturated rings. The van der Waals surface area contributed by atoms with Crippen LogP contribution in [0.25, 0.3) is 0 Å². The van der Waals surface area contributed by atoms with E-state index >= 15 is 0 Å². The number of thiophene rings is 1. The van der Waals surface area contributed by atoms with Gasteiger partial charge in [-0.05, 0) is 35.6 Å². The maximum Gasteiger partial charge on any atom is 0.418 e. The van der Waals surface area contributed by atoms with Crippen LogP contribution in [0.1, 0.15) is 22.9 Å². The van der Waals surface area contributed by atoms with Crippen molar-refractivity contribution in [3.63, 3.8) is 0 Å². The number of nitrogens with one attached hydrogen (secondary N) is 1. The van der Waals surface area contributed by atoms with Crippen LogP contribution in [-0.4, -0.2) is 0 Å². The third kappa shape index (κ3) is 3.29. The number of benzene rings is 1. The Labute approximate surface area is 114 Å². The molecule has 1 nitrogen and oxygen atoms in total. The predicted molar refractivity (Wildman–Crippen MR) is 72.5 cm³/mol. The second kappa shape index (κ2) is 5.65. The summed E-state index contributed by atoms with van der Waals surface area (Å²) < 4.78 is 38.5. The fraction of sp³-hybridized carbons (Fsp3) is 0.286. The number of halogens is 3. The van der Waals surface area contributed by atoms with Gasteiger partial charge in [0.1, 0.15) is 0 Å². The van der Waals surface area contributed by atoms with Crippen LogP contribution in [0.4, 0.5) is 18.9 Å². The van der Waals surface area contributed by atoms with E-state index in [9.17, 15) is 13.2 Å². The van der Waals surface area contributed by atoms with Crippen molar-refractivity contribution in [1.82, 2.24) is 0 Å². The summed E-state index contributed by atoms with van der Waals surface area (Å²) in [5, 5.41) is 4.85. The number of anilines is 1. The molecule has 2 aromatic rings. The summed E-state index contributed by atoms with van der Waals surface area (Å²) in [6.07, 6.45) is -3.44. The second-order valence-electron chi connectivity index (χ2n) is 4.12. The van der Waals surface area contributed by atoms with Crippen LogP contribution in [0.3, 0.4) is 0 Å². The summed E-state index contributed by atoms with van der Waals surface area (Å²) in [7, 11) is 0. The van der Waals surface area contributed by atoms with Gasteiger partial charge in [-0.2, -0.15) is 13.2 Å². The average molecular weight is 285 g/mol. The first kappa shape index (κ1) is 13.9. The Morgan fingerprint density at radius 3 is 2.58 bits per heavy atom. The molecule has 19 heavy (non-hydrogen) atoms. The van der Waals surface area contributed by atoms with Crippen molar-refractivity contribution < 1.29 is 13.2 Å². The fourth-order valence-electron chi connectivity index (χ4n) is 1.90. The first-order valence-electron chi connectivity index (χ1n) is 5.97. The molecular weight excluding hydrogens is 271 g/mol. The van der Waals surface area contributed by atoms with E-state index in [1.54, 1.807) is 17.4 Å². The zero-order chi connectivity index (χ0) is 13.9. The van der Waals surface area contributed by atoms with E-state index in [2.05, 4.69) is 5.32 Å². The van der Waals surface area contributed by atoms with E-state index < -0.39 is 11.7 Å². The highest BCUT2D eigenvalue weighted by Gasteiger charge is 2.33. The molecule has 5 heteroatoms. The Morgan fingerprint density at radius 1 is 1.16 bits per heavy atom. The van der Waals surface area contributed by atoms with Crippen molar-refractivity contribution in [3.8, 4) is 0 Å². The van der Waals surface area contributed by atoms with Gasteiger partial charge in [0.2, 0.25) is 0 Å². The number of rotatable bonds is 4. The van der Waals surface area contributed by atoms with E-state index in [0.29, 0.717) is 6.54 Å². The zero-order valence-electron chi connectivity index (χ0n) is 10.4. The lowest BCUT2D eigenvalue weighted by Crippen LogP contribution is -2.10. The minimum absolute atomic E-state index is 0.130. The molecule has 1 aromatic heterocycles. The predicted octanol–water partition coefficient (Wildman–Crippen LogP) is 4.94. The van der Waals surface area contributed by atoms with Crippen LogP contribution in [0.5, 0.6) is 0 Å². The quantitative estimate of drug-likeness (QED) is 0.838. The summed E-state index contributed by atoms with van der Waals surface area (Å²) in [4.78, 5) is 1.08. The third-order valence-electron chi connectivity index (χ3n) is 2.89. The van der Waals surface area contributed by atoms with Crippen molar-refractivity contribution in [2.45, 2.75) is 26.1 Å². The molecule has 0 bridgehead atoms. The van der Waals surface area contributed by atoms with Gasteiger partial charge in [-0.1, -0.05) is 19.1 Å². The highest BCUT2D eigenvalue weighted by molar-refractivity contribution is 7.10. The molecule has 0 aliphatic rings. The van der Waals surface area contributed by atoms with Crippen molar-refractivity contribution in [3.05, 3.63) is 51.7 Å². The summed E-state index contributed by atoms with van der Waals surface area (Å²) in [5.74, 6) is 0. The molecule has 102 valence electrons. The van der Waals surface area contributed by atoms with Gasteiger partial charge in [0.05, 0.1) is 5.56 Å². The highest BCUT2D eigenvalue weighted by Crippen LogP contribution is 2.35. The topological polar surface area (TPSA) is 12.0 Å². The maximum atomic E-state index is 12.8. The smallest absolute Gasteiger partial charge is 0.380 e. The average Bonchev–Trinajstić information content (AvgIpc) is 2.83. The molecular formula is C14H14F3NS. The van der Waals surface area contributed by atoms with Gasteiger partial charge in [0.25, 0.3) is 0 Å². The molecule has 0 radical (unpaired) electrons. The Balaban J connectivity index is 2.16. The SMILES string of the molecule is CCc1ccsc1CNc1ccccc1C(F)(F)F. The molecule has 0 unspecified atom stereocenters. The molecule has 1 heterocycles. The van der Waals surface area contributed by atoms with E-state index in [1.807, 2.05) is 18.4 Å². The molecule has 0 spiro atoms. The first-order valence-corrected chi connectivity index (χ1v) is 6.85. The summed E-state index contributed by atoms with van der Waals surface area (Å²) in [6, 6.07) is 7.57. The lowest BCUT2D eigenvalue weighted by atomic mass is 10.1. The third-order valence-corrected chi connectivity index (χ3v) is 3.85. The molecule has 2 rings (SSSR count). The summed E-state index contributed by atoms with van der Waals surface area (Å²) in [5.41, 5.74) is 0.692. The molecule has 0 amide bonds. The lowest BCUT2D eigenvalue weighted by Gasteiger charge is -2.14. The van der Waals surface area contributed by atoms with Gasteiger partial charge in [-0.15, -0.1) is 11.3 Å². The Kier molecular flexibility index (Phi) is 4.14. The molecule has 1 aromatic carbocycles. The molecule has 0 saturated carbocycles. The number of aryl methyl sites for hydroxylation is 1. The standard InChI is InChI=1S/C14H14F3NS/c1-2-10-7-8-19-13(10)9-18-12-6-4-3-5-11(12)14(15,16)17/h3-8,18H,2,9H2,1H3. The summed E-state index contributed by atoms with van der Waals surface area (Å²) >= 11 is 1.56. The zero-order valence-corrected chi connectivity index (χ0v) is 11.2. The van der Waals surface area contributed by atoms with Gasteiger partial charge in [0, 0.05) is 17.1 Å². The van der Waals surface area contributed by atoms with Crippen molar-refractivity contribution in [2.24, 2.45) is 0 Å². The van der Waals surface area contributed by atoms with Gasteiger partial charge in [0.15, 0.2) is 0 Å². The van der Waals surface area contributed by atoms with Crippen LogP contribution in [0.2, 0.25) is 0 Å². The van der Waals surface area contributed by atoms with Crippen molar-refractivity contribution in [1.29, 1.82) is 0 Å².